The third kappa shape index (κ3) is 6.06. The molecule has 1 aromatic heterocycles. The Labute approximate surface area is 126 Å². The van der Waals surface area contributed by atoms with Crippen LogP contribution in [0.3, 0.4) is 0 Å². The van der Waals surface area contributed by atoms with E-state index >= 15 is 0 Å². The van der Waals surface area contributed by atoms with Crippen molar-refractivity contribution in [3.05, 3.63) is 22.1 Å². The minimum atomic E-state index is -0.526. The van der Waals surface area contributed by atoms with Crippen LogP contribution in [-0.4, -0.2) is 33.4 Å². The van der Waals surface area contributed by atoms with Crippen LogP contribution in [0.5, 0.6) is 0 Å². The van der Waals surface area contributed by atoms with Gasteiger partial charge in [0.15, 0.2) is 0 Å². The number of nitrogens with zero attached hydrogens (tertiary/aromatic N) is 2. The Bertz CT molecular complexity index is 523. The smallest absolute Gasteiger partial charge is 0.410 e. The van der Waals surface area contributed by atoms with E-state index in [0.717, 1.165) is 6.42 Å². The molecule has 0 aliphatic carbocycles. The van der Waals surface area contributed by atoms with Crippen LogP contribution in [0.2, 0.25) is 0 Å². The van der Waals surface area contributed by atoms with Gasteiger partial charge in [0.05, 0.1) is 12.2 Å². The average Bonchev–Trinajstić information content (AvgIpc) is 2.64. The van der Waals surface area contributed by atoms with Crippen molar-refractivity contribution in [2.75, 3.05) is 7.05 Å². The summed E-state index contributed by atoms with van der Waals surface area (Å²) in [6.45, 7) is 10.7. The molecule has 0 radical (unpaired) electrons. The Morgan fingerprint density at radius 3 is 2.57 bits per heavy atom. The zero-order valence-electron chi connectivity index (χ0n) is 13.9. The van der Waals surface area contributed by atoms with Crippen LogP contribution in [0, 0.1) is 5.92 Å². The molecular weight excluding hydrogens is 270 g/mol. The van der Waals surface area contributed by atoms with Crippen LogP contribution in [0.4, 0.5) is 4.79 Å². The van der Waals surface area contributed by atoms with Gasteiger partial charge >= 0.3 is 6.09 Å². The van der Waals surface area contributed by atoms with Gasteiger partial charge in [-0.05, 0) is 33.1 Å². The third-order valence-corrected chi connectivity index (χ3v) is 2.89. The molecule has 21 heavy (non-hydrogen) atoms. The molecule has 120 valence electrons. The molecule has 6 heteroatoms. The summed E-state index contributed by atoms with van der Waals surface area (Å²) in [4.78, 5) is 25.2. The molecule has 1 aromatic rings. The lowest BCUT2D eigenvalue weighted by atomic mass is 10.1. The lowest BCUT2D eigenvalue weighted by molar-refractivity contribution is 0.0283. The SMILES string of the molecule is CC(C)CCn1[nH]c(CN(C)C(=O)OC(C)(C)C)cc1=O. The molecule has 1 heterocycles. The average molecular weight is 297 g/mol. The quantitative estimate of drug-likeness (QED) is 0.908. The van der Waals surface area contributed by atoms with E-state index in [0.29, 0.717) is 24.7 Å². The number of nitrogens with one attached hydrogen (secondary N) is 1. The fourth-order valence-electron chi connectivity index (χ4n) is 1.78. The van der Waals surface area contributed by atoms with Gasteiger partial charge in [0.1, 0.15) is 5.60 Å². The fraction of sp³-hybridized carbons (Fsp3) is 0.733. The molecule has 0 fully saturated rings. The largest absolute Gasteiger partial charge is 0.444 e. The first kappa shape index (κ1) is 17.3. The van der Waals surface area contributed by atoms with Gasteiger partial charge in [0, 0.05) is 19.7 Å². The predicted octanol–water partition coefficient (Wildman–Crippen LogP) is 2.59. The van der Waals surface area contributed by atoms with Crippen molar-refractivity contribution in [2.45, 2.75) is 59.7 Å². The normalized spacial score (nSPS) is 11.8. The Morgan fingerprint density at radius 1 is 1.43 bits per heavy atom. The standard InChI is InChI=1S/C15H27N3O3/c1-11(2)7-8-18-13(19)9-12(16-18)10-17(6)14(20)21-15(3,4)5/h9,11,16H,7-8,10H2,1-6H3. The van der Waals surface area contributed by atoms with E-state index in [2.05, 4.69) is 18.9 Å². The zero-order chi connectivity index (χ0) is 16.2. The summed E-state index contributed by atoms with van der Waals surface area (Å²) in [7, 11) is 1.65. The zero-order valence-corrected chi connectivity index (χ0v) is 13.9. The van der Waals surface area contributed by atoms with Gasteiger partial charge in [-0.3, -0.25) is 14.6 Å². The highest BCUT2D eigenvalue weighted by Crippen LogP contribution is 2.10. The van der Waals surface area contributed by atoms with Crippen LogP contribution in [-0.2, 0) is 17.8 Å². The highest BCUT2D eigenvalue weighted by molar-refractivity contribution is 5.67. The maximum absolute atomic E-state index is 11.9. The van der Waals surface area contributed by atoms with Gasteiger partial charge in [0.25, 0.3) is 5.56 Å². The minimum Gasteiger partial charge on any atom is -0.444 e. The first-order valence-corrected chi connectivity index (χ1v) is 7.31. The number of hydrogen-bond donors (Lipinski definition) is 1. The predicted molar refractivity (Wildman–Crippen MR) is 82.2 cm³/mol. The molecule has 0 atom stereocenters. The molecule has 0 saturated heterocycles. The van der Waals surface area contributed by atoms with Crippen molar-refractivity contribution in [3.63, 3.8) is 0 Å². The molecule has 1 amide bonds. The molecule has 0 aliphatic rings. The van der Waals surface area contributed by atoms with E-state index in [1.165, 1.54) is 11.0 Å². The summed E-state index contributed by atoms with van der Waals surface area (Å²) in [6.07, 6.45) is 0.528. The van der Waals surface area contributed by atoms with Crippen molar-refractivity contribution >= 4 is 6.09 Å². The number of amides is 1. The summed E-state index contributed by atoms with van der Waals surface area (Å²) in [6, 6.07) is 1.53. The van der Waals surface area contributed by atoms with Crippen molar-refractivity contribution in [3.8, 4) is 0 Å². The van der Waals surface area contributed by atoms with Gasteiger partial charge < -0.3 is 9.64 Å². The number of H-pyrrole nitrogens is 1. The summed E-state index contributed by atoms with van der Waals surface area (Å²) >= 11 is 0. The maximum atomic E-state index is 11.9. The Morgan fingerprint density at radius 2 is 2.05 bits per heavy atom. The van der Waals surface area contributed by atoms with Gasteiger partial charge in [-0.1, -0.05) is 13.8 Å². The molecule has 0 saturated carbocycles. The van der Waals surface area contributed by atoms with Crippen molar-refractivity contribution in [1.29, 1.82) is 0 Å². The highest BCUT2D eigenvalue weighted by Gasteiger charge is 2.20. The number of ether oxygens (including phenoxy) is 1. The first-order valence-electron chi connectivity index (χ1n) is 7.31. The first-order chi connectivity index (χ1) is 9.58. The molecule has 0 bridgehead atoms. The molecule has 0 aliphatic heterocycles. The molecule has 1 rings (SSSR count). The number of rotatable bonds is 5. The number of hydrogen-bond acceptors (Lipinski definition) is 3. The van der Waals surface area contributed by atoms with Crippen molar-refractivity contribution < 1.29 is 9.53 Å². The van der Waals surface area contributed by atoms with Crippen molar-refractivity contribution in [1.82, 2.24) is 14.7 Å². The van der Waals surface area contributed by atoms with E-state index < -0.39 is 11.7 Å². The molecule has 1 N–H and O–H groups in total. The summed E-state index contributed by atoms with van der Waals surface area (Å²) < 4.78 is 6.86. The second-order valence-corrected chi connectivity index (χ2v) is 6.79. The summed E-state index contributed by atoms with van der Waals surface area (Å²) in [5.74, 6) is 0.535. The van der Waals surface area contributed by atoms with E-state index in [-0.39, 0.29) is 5.56 Å². The van der Waals surface area contributed by atoms with E-state index in [9.17, 15) is 9.59 Å². The number of aryl methyl sites for hydroxylation is 1. The Hall–Kier alpha value is -1.72. The molecule has 6 nitrogen and oxygen atoms in total. The lowest BCUT2D eigenvalue weighted by Crippen LogP contribution is -2.33. The van der Waals surface area contributed by atoms with E-state index in [1.807, 2.05) is 20.8 Å². The van der Waals surface area contributed by atoms with Crippen LogP contribution < -0.4 is 5.56 Å². The fourth-order valence-corrected chi connectivity index (χ4v) is 1.78. The second kappa shape index (κ2) is 6.83. The van der Waals surface area contributed by atoms with Crippen molar-refractivity contribution in [2.24, 2.45) is 5.92 Å². The summed E-state index contributed by atoms with van der Waals surface area (Å²) in [5, 5.41) is 3.04. The van der Waals surface area contributed by atoms with E-state index in [1.54, 1.807) is 11.7 Å². The highest BCUT2D eigenvalue weighted by atomic mass is 16.6. The van der Waals surface area contributed by atoms with Crippen LogP contribution >= 0.6 is 0 Å². The third-order valence-electron chi connectivity index (χ3n) is 2.89. The number of aromatic amines is 1. The minimum absolute atomic E-state index is 0.0664. The number of aromatic nitrogens is 2. The van der Waals surface area contributed by atoms with Gasteiger partial charge in [-0.25, -0.2) is 4.79 Å². The van der Waals surface area contributed by atoms with Crippen LogP contribution in [0.25, 0.3) is 0 Å². The van der Waals surface area contributed by atoms with Gasteiger partial charge in [-0.15, -0.1) is 0 Å². The molecule has 0 spiro atoms. The van der Waals surface area contributed by atoms with E-state index in [4.69, 9.17) is 4.74 Å². The molecular formula is C15H27N3O3. The Kier molecular flexibility index (Phi) is 5.63. The van der Waals surface area contributed by atoms with Crippen LogP contribution in [0.1, 0.15) is 46.7 Å². The number of carbonyl (C=O) groups is 1. The van der Waals surface area contributed by atoms with Gasteiger partial charge in [-0.2, -0.15) is 0 Å². The van der Waals surface area contributed by atoms with Gasteiger partial charge in [0.2, 0.25) is 0 Å². The maximum Gasteiger partial charge on any atom is 0.410 e. The second-order valence-electron chi connectivity index (χ2n) is 6.79. The monoisotopic (exact) mass is 297 g/mol. The Balaban J connectivity index is 2.65. The lowest BCUT2D eigenvalue weighted by Gasteiger charge is -2.24. The molecule has 0 unspecified atom stereocenters. The summed E-state index contributed by atoms with van der Waals surface area (Å²) in [5.41, 5.74) is 0.113. The van der Waals surface area contributed by atoms with Crippen LogP contribution in [0.15, 0.2) is 10.9 Å². The topological polar surface area (TPSA) is 67.3 Å². The molecule has 0 aromatic carbocycles. The number of carbonyl (C=O) groups excluding carboxylic acids is 1.